The molecule has 6 nitrogen and oxygen atoms in total. The van der Waals surface area contributed by atoms with Gasteiger partial charge in [0.1, 0.15) is 18.2 Å². The molecule has 0 aliphatic heterocycles. The largest absolute Gasteiger partial charge is 0.459 e. The molecule has 2 aromatic rings. The van der Waals surface area contributed by atoms with Crippen molar-refractivity contribution in [2.75, 3.05) is 0 Å². The number of aromatic amines is 1. The number of ether oxygens (including phenoxy) is 2. The van der Waals surface area contributed by atoms with Crippen LogP contribution in [0.5, 0.6) is 0 Å². The Labute approximate surface area is 159 Å². The standard InChI is InChI=1S/C21H24N2O4/c1-21(2,3)27-20(25)23-18(11-7-10-16-12-13-22-14-16)19(24)26-15-17-8-5-4-6-9-17/h4-6,8-9,12-14,18,22H,11,15H2,1-3H3,(H,23,25). The molecule has 0 radical (unpaired) electrons. The predicted octanol–water partition coefficient (Wildman–Crippen LogP) is 3.39. The fourth-order valence-corrected chi connectivity index (χ4v) is 2.13. The molecule has 1 atom stereocenters. The van der Waals surface area contributed by atoms with Crippen molar-refractivity contribution in [2.45, 2.75) is 45.4 Å². The van der Waals surface area contributed by atoms with Gasteiger partial charge in [-0.1, -0.05) is 42.2 Å². The van der Waals surface area contributed by atoms with E-state index in [9.17, 15) is 9.59 Å². The van der Waals surface area contributed by atoms with Crippen LogP contribution in [0.15, 0.2) is 48.8 Å². The summed E-state index contributed by atoms with van der Waals surface area (Å²) in [5.74, 6) is 5.26. The molecule has 0 saturated heterocycles. The average Bonchev–Trinajstić information content (AvgIpc) is 3.11. The lowest BCUT2D eigenvalue weighted by atomic mass is 10.2. The van der Waals surface area contributed by atoms with Gasteiger partial charge in [-0.2, -0.15) is 0 Å². The zero-order valence-electron chi connectivity index (χ0n) is 15.7. The van der Waals surface area contributed by atoms with Crippen LogP contribution in [0.25, 0.3) is 0 Å². The van der Waals surface area contributed by atoms with E-state index in [1.54, 1.807) is 33.2 Å². The van der Waals surface area contributed by atoms with Crippen molar-refractivity contribution in [3.63, 3.8) is 0 Å². The second kappa shape index (κ2) is 9.48. The molecule has 0 fully saturated rings. The summed E-state index contributed by atoms with van der Waals surface area (Å²) in [6.07, 6.45) is 2.93. The summed E-state index contributed by atoms with van der Waals surface area (Å²) >= 11 is 0. The summed E-state index contributed by atoms with van der Waals surface area (Å²) in [6, 6.07) is 10.2. The van der Waals surface area contributed by atoms with Crippen LogP contribution >= 0.6 is 0 Å². The molecule has 0 saturated carbocycles. The van der Waals surface area contributed by atoms with Crippen molar-refractivity contribution in [3.05, 3.63) is 59.9 Å². The van der Waals surface area contributed by atoms with Crippen LogP contribution in [-0.2, 0) is 20.9 Å². The lowest BCUT2D eigenvalue weighted by molar-refractivity contribution is -0.147. The van der Waals surface area contributed by atoms with Crippen molar-refractivity contribution in [1.82, 2.24) is 10.3 Å². The zero-order valence-corrected chi connectivity index (χ0v) is 15.7. The van der Waals surface area contributed by atoms with Crippen molar-refractivity contribution < 1.29 is 19.1 Å². The van der Waals surface area contributed by atoms with Gasteiger partial charge in [0.15, 0.2) is 0 Å². The summed E-state index contributed by atoms with van der Waals surface area (Å²) in [4.78, 5) is 27.4. The van der Waals surface area contributed by atoms with Gasteiger partial charge in [0.2, 0.25) is 0 Å². The van der Waals surface area contributed by atoms with E-state index in [-0.39, 0.29) is 13.0 Å². The van der Waals surface area contributed by atoms with Gasteiger partial charge in [0, 0.05) is 24.4 Å². The number of esters is 1. The Morgan fingerprint density at radius 1 is 1.19 bits per heavy atom. The van der Waals surface area contributed by atoms with E-state index in [0.29, 0.717) is 0 Å². The van der Waals surface area contributed by atoms with Crippen molar-refractivity contribution >= 4 is 12.1 Å². The molecule has 0 bridgehead atoms. The second-order valence-electron chi connectivity index (χ2n) is 6.90. The molecule has 142 valence electrons. The first-order valence-electron chi connectivity index (χ1n) is 8.65. The lowest BCUT2D eigenvalue weighted by Gasteiger charge is -2.22. The molecule has 1 aromatic heterocycles. The Morgan fingerprint density at radius 2 is 1.93 bits per heavy atom. The number of rotatable bonds is 5. The molecule has 1 heterocycles. The Hall–Kier alpha value is -3.20. The predicted molar refractivity (Wildman–Crippen MR) is 102 cm³/mol. The van der Waals surface area contributed by atoms with E-state index < -0.39 is 23.7 Å². The number of alkyl carbamates (subject to hydrolysis) is 1. The molecule has 1 aromatic carbocycles. The lowest BCUT2D eigenvalue weighted by Crippen LogP contribution is -2.44. The number of carbonyl (C=O) groups is 2. The molecule has 0 aliphatic rings. The van der Waals surface area contributed by atoms with Gasteiger partial charge in [-0.3, -0.25) is 0 Å². The number of hydrogen-bond donors (Lipinski definition) is 2. The van der Waals surface area contributed by atoms with Crippen LogP contribution in [0, 0.1) is 11.8 Å². The summed E-state index contributed by atoms with van der Waals surface area (Å²) in [6.45, 7) is 5.38. The third kappa shape index (κ3) is 7.70. The van der Waals surface area contributed by atoms with Crippen molar-refractivity contribution in [1.29, 1.82) is 0 Å². The van der Waals surface area contributed by atoms with E-state index in [1.807, 2.05) is 36.4 Å². The van der Waals surface area contributed by atoms with Crippen molar-refractivity contribution in [2.24, 2.45) is 0 Å². The number of hydrogen-bond acceptors (Lipinski definition) is 4. The normalized spacial score (nSPS) is 11.7. The molecule has 0 aliphatic carbocycles. The number of aromatic nitrogens is 1. The van der Waals surface area contributed by atoms with Gasteiger partial charge in [-0.25, -0.2) is 9.59 Å². The molecule has 2 N–H and O–H groups in total. The maximum atomic E-state index is 12.4. The highest BCUT2D eigenvalue weighted by Gasteiger charge is 2.25. The van der Waals surface area contributed by atoms with Gasteiger partial charge in [0.05, 0.1) is 0 Å². The minimum atomic E-state index is -0.921. The SMILES string of the molecule is CC(C)(C)OC(=O)NC(CC#Cc1cc[nH]c1)C(=O)OCc1ccccc1. The maximum absolute atomic E-state index is 12.4. The van der Waals surface area contributed by atoms with Crippen molar-refractivity contribution in [3.8, 4) is 11.8 Å². The Kier molecular flexibility index (Phi) is 7.07. The molecule has 1 unspecified atom stereocenters. The molecule has 27 heavy (non-hydrogen) atoms. The molecule has 1 amide bonds. The van der Waals surface area contributed by atoms with E-state index >= 15 is 0 Å². The Balaban J connectivity index is 2.00. The third-order valence-corrected chi connectivity index (χ3v) is 3.34. The highest BCUT2D eigenvalue weighted by Crippen LogP contribution is 2.08. The zero-order chi connectivity index (χ0) is 19.7. The van der Waals surface area contributed by atoms with E-state index in [0.717, 1.165) is 11.1 Å². The summed E-state index contributed by atoms with van der Waals surface area (Å²) in [5, 5.41) is 2.54. The van der Waals surface area contributed by atoms with E-state index in [4.69, 9.17) is 9.47 Å². The number of H-pyrrole nitrogens is 1. The van der Waals surface area contributed by atoms with Gasteiger partial charge in [-0.05, 0) is 32.4 Å². The average molecular weight is 368 g/mol. The molecule has 0 spiro atoms. The van der Waals surface area contributed by atoms with Gasteiger partial charge >= 0.3 is 12.1 Å². The van der Waals surface area contributed by atoms with Gasteiger partial charge in [0.25, 0.3) is 0 Å². The minimum Gasteiger partial charge on any atom is -0.459 e. The topological polar surface area (TPSA) is 80.4 Å². The fraction of sp³-hybridized carbons (Fsp3) is 0.333. The van der Waals surface area contributed by atoms with Crippen LogP contribution in [0.4, 0.5) is 4.79 Å². The smallest absolute Gasteiger partial charge is 0.408 e. The van der Waals surface area contributed by atoms with Crippen LogP contribution in [0.3, 0.4) is 0 Å². The van der Waals surface area contributed by atoms with E-state index in [2.05, 4.69) is 22.1 Å². The minimum absolute atomic E-state index is 0.109. The van der Waals surface area contributed by atoms with E-state index in [1.165, 1.54) is 0 Å². The Bertz CT molecular complexity index is 796. The fourth-order valence-electron chi connectivity index (χ4n) is 2.13. The van der Waals surface area contributed by atoms with Crippen LogP contribution in [-0.4, -0.2) is 28.7 Å². The highest BCUT2D eigenvalue weighted by atomic mass is 16.6. The third-order valence-electron chi connectivity index (χ3n) is 3.34. The summed E-state index contributed by atoms with van der Waals surface area (Å²) < 4.78 is 10.5. The van der Waals surface area contributed by atoms with Crippen LogP contribution < -0.4 is 5.32 Å². The monoisotopic (exact) mass is 368 g/mol. The number of benzene rings is 1. The number of amides is 1. The molecular formula is C21H24N2O4. The summed E-state index contributed by atoms with van der Waals surface area (Å²) in [7, 11) is 0. The molecular weight excluding hydrogens is 344 g/mol. The quantitative estimate of drug-likeness (QED) is 0.626. The highest BCUT2D eigenvalue weighted by molar-refractivity contribution is 5.81. The maximum Gasteiger partial charge on any atom is 0.408 e. The van der Waals surface area contributed by atoms with Gasteiger partial charge < -0.3 is 19.8 Å². The van der Waals surface area contributed by atoms with Gasteiger partial charge in [-0.15, -0.1) is 0 Å². The molecule has 6 heteroatoms. The second-order valence-corrected chi connectivity index (χ2v) is 6.90. The Morgan fingerprint density at radius 3 is 2.56 bits per heavy atom. The first-order valence-corrected chi connectivity index (χ1v) is 8.65. The summed E-state index contributed by atoms with van der Waals surface area (Å²) in [5.41, 5.74) is 0.989. The molecule has 2 rings (SSSR count). The number of carbonyl (C=O) groups excluding carboxylic acids is 2. The van der Waals surface area contributed by atoms with Crippen LogP contribution in [0.2, 0.25) is 0 Å². The van der Waals surface area contributed by atoms with Crippen LogP contribution in [0.1, 0.15) is 38.3 Å². The number of nitrogens with one attached hydrogen (secondary N) is 2. The first-order chi connectivity index (χ1) is 12.8. The first kappa shape index (κ1) is 20.1.